The van der Waals surface area contributed by atoms with Gasteiger partial charge in [0.2, 0.25) is 0 Å². The normalized spacial score (nSPS) is 13.9. The Kier molecular flexibility index (Phi) is 5.72. The van der Waals surface area contributed by atoms with E-state index in [0.29, 0.717) is 0 Å². The van der Waals surface area contributed by atoms with E-state index < -0.39 is 0 Å². The van der Waals surface area contributed by atoms with E-state index in [4.69, 9.17) is 0 Å². The summed E-state index contributed by atoms with van der Waals surface area (Å²) < 4.78 is 0. The number of rotatable bonds is 8. The van der Waals surface area contributed by atoms with Crippen molar-refractivity contribution in [3.05, 3.63) is 24.0 Å². The first-order valence-electron chi connectivity index (χ1n) is 6.58. The third-order valence-electron chi connectivity index (χ3n) is 3.45. The largest absolute Gasteiger partial charge is 0.367 e. The number of hydrogen-bond acceptors (Lipinski definition) is 2. The SMILES string of the molecule is CCC(CNC)CNCC(C)(C)c1cc[nH]c1. The highest BCUT2D eigenvalue weighted by atomic mass is 14.9. The molecule has 1 rings (SSSR count). The summed E-state index contributed by atoms with van der Waals surface area (Å²) in [6.45, 7) is 10.0. The topological polar surface area (TPSA) is 39.8 Å². The molecule has 0 aliphatic rings. The summed E-state index contributed by atoms with van der Waals surface area (Å²) in [6.07, 6.45) is 5.30. The Labute approximate surface area is 105 Å². The van der Waals surface area contributed by atoms with Crippen LogP contribution in [0.15, 0.2) is 18.5 Å². The van der Waals surface area contributed by atoms with Gasteiger partial charge in [-0.05, 0) is 37.7 Å². The minimum atomic E-state index is 0.192. The van der Waals surface area contributed by atoms with Crippen LogP contribution in [0, 0.1) is 5.92 Å². The molecule has 0 aliphatic heterocycles. The molecule has 0 fully saturated rings. The number of aromatic nitrogens is 1. The van der Waals surface area contributed by atoms with Crippen molar-refractivity contribution in [3.8, 4) is 0 Å². The molecule has 0 spiro atoms. The first-order chi connectivity index (χ1) is 8.10. The van der Waals surface area contributed by atoms with Gasteiger partial charge in [-0.2, -0.15) is 0 Å². The maximum atomic E-state index is 3.60. The molecule has 1 unspecified atom stereocenters. The van der Waals surface area contributed by atoms with Crippen LogP contribution in [0.1, 0.15) is 32.8 Å². The van der Waals surface area contributed by atoms with Crippen molar-refractivity contribution in [2.75, 3.05) is 26.7 Å². The van der Waals surface area contributed by atoms with Gasteiger partial charge in [-0.25, -0.2) is 0 Å². The Balaban J connectivity index is 2.35. The fraction of sp³-hybridized carbons (Fsp3) is 0.714. The standard InChI is InChI=1S/C14H27N3/c1-5-12(8-15-4)9-17-11-14(2,3)13-6-7-16-10-13/h6-7,10,12,15-17H,5,8-9,11H2,1-4H3. The van der Waals surface area contributed by atoms with Crippen LogP contribution in [-0.2, 0) is 5.41 Å². The molecule has 0 aromatic carbocycles. The van der Waals surface area contributed by atoms with Crippen molar-refractivity contribution in [3.63, 3.8) is 0 Å². The molecular formula is C14H27N3. The molecule has 3 heteroatoms. The highest BCUT2D eigenvalue weighted by Crippen LogP contribution is 2.21. The van der Waals surface area contributed by atoms with Crippen LogP contribution in [0.5, 0.6) is 0 Å². The number of nitrogens with one attached hydrogen (secondary N) is 3. The third kappa shape index (κ3) is 4.52. The Morgan fingerprint density at radius 1 is 1.35 bits per heavy atom. The fourth-order valence-electron chi connectivity index (χ4n) is 2.09. The van der Waals surface area contributed by atoms with E-state index in [2.05, 4.69) is 48.7 Å². The number of H-pyrrole nitrogens is 1. The summed E-state index contributed by atoms with van der Waals surface area (Å²) in [4.78, 5) is 3.13. The van der Waals surface area contributed by atoms with E-state index >= 15 is 0 Å². The maximum absolute atomic E-state index is 3.60. The van der Waals surface area contributed by atoms with Gasteiger partial charge in [0.05, 0.1) is 0 Å². The third-order valence-corrected chi connectivity index (χ3v) is 3.45. The first-order valence-corrected chi connectivity index (χ1v) is 6.58. The Hall–Kier alpha value is -0.800. The minimum absolute atomic E-state index is 0.192. The second-order valence-corrected chi connectivity index (χ2v) is 5.45. The molecule has 1 aromatic rings. The average molecular weight is 237 g/mol. The zero-order valence-electron chi connectivity index (χ0n) is 11.6. The predicted molar refractivity (Wildman–Crippen MR) is 74.4 cm³/mol. The van der Waals surface area contributed by atoms with Gasteiger partial charge in [-0.1, -0.05) is 27.2 Å². The Morgan fingerprint density at radius 2 is 2.12 bits per heavy atom. The lowest BCUT2D eigenvalue weighted by Gasteiger charge is -2.25. The summed E-state index contributed by atoms with van der Waals surface area (Å²) >= 11 is 0. The zero-order chi connectivity index (χ0) is 12.7. The average Bonchev–Trinajstić information content (AvgIpc) is 2.81. The van der Waals surface area contributed by atoms with Crippen LogP contribution in [0.3, 0.4) is 0 Å². The number of hydrogen-bond donors (Lipinski definition) is 3. The molecule has 3 nitrogen and oxygen atoms in total. The fourth-order valence-corrected chi connectivity index (χ4v) is 2.09. The Bertz CT molecular complexity index is 290. The summed E-state index contributed by atoms with van der Waals surface area (Å²) in [5, 5.41) is 6.84. The summed E-state index contributed by atoms with van der Waals surface area (Å²) in [6, 6.07) is 2.16. The maximum Gasteiger partial charge on any atom is 0.00438 e. The molecule has 3 N–H and O–H groups in total. The Morgan fingerprint density at radius 3 is 2.65 bits per heavy atom. The summed E-state index contributed by atoms with van der Waals surface area (Å²) in [5.74, 6) is 0.724. The van der Waals surface area contributed by atoms with E-state index in [1.807, 2.05) is 13.2 Å². The first kappa shape index (κ1) is 14.3. The molecule has 98 valence electrons. The van der Waals surface area contributed by atoms with Gasteiger partial charge in [-0.3, -0.25) is 0 Å². The predicted octanol–water partition coefficient (Wildman–Crippen LogP) is 2.13. The minimum Gasteiger partial charge on any atom is -0.367 e. The van der Waals surface area contributed by atoms with Gasteiger partial charge in [-0.15, -0.1) is 0 Å². The van der Waals surface area contributed by atoms with Crippen molar-refractivity contribution in [2.24, 2.45) is 5.92 Å². The molecule has 0 aliphatic carbocycles. The van der Waals surface area contributed by atoms with Gasteiger partial charge in [0, 0.05) is 24.4 Å². The zero-order valence-corrected chi connectivity index (χ0v) is 11.6. The highest BCUT2D eigenvalue weighted by molar-refractivity contribution is 5.20. The molecule has 17 heavy (non-hydrogen) atoms. The van der Waals surface area contributed by atoms with Crippen molar-refractivity contribution in [1.82, 2.24) is 15.6 Å². The lowest BCUT2D eigenvalue weighted by molar-refractivity contribution is 0.402. The van der Waals surface area contributed by atoms with E-state index in [1.165, 1.54) is 12.0 Å². The number of aromatic amines is 1. The van der Waals surface area contributed by atoms with Gasteiger partial charge in [0.1, 0.15) is 0 Å². The van der Waals surface area contributed by atoms with Crippen LogP contribution in [-0.4, -0.2) is 31.7 Å². The van der Waals surface area contributed by atoms with Gasteiger partial charge in [0.25, 0.3) is 0 Å². The van der Waals surface area contributed by atoms with Crippen molar-refractivity contribution >= 4 is 0 Å². The lowest BCUT2D eigenvalue weighted by Crippen LogP contribution is -2.37. The van der Waals surface area contributed by atoms with E-state index in [1.54, 1.807) is 0 Å². The smallest absolute Gasteiger partial charge is 0.00438 e. The monoisotopic (exact) mass is 237 g/mol. The van der Waals surface area contributed by atoms with Crippen LogP contribution in [0.2, 0.25) is 0 Å². The molecule has 0 bridgehead atoms. The molecule has 0 saturated heterocycles. The van der Waals surface area contributed by atoms with Crippen molar-refractivity contribution < 1.29 is 0 Å². The van der Waals surface area contributed by atoms with Crippen LogP contribution < -0.4 is 10.6 Å². The molecule has 0 saturated carbocycles. The molecule has 0 amide bonds. The summed E-state index contributed by atoms with van der Waals surface area (Å²) in [7, 11) is 2.02. The lowest BCUT2D eigenvalue weighted by atomic mass is 9.86. The molecular weight excluding hydrogens is 210 g/mol. The quantitative estimate of drug-likeness (QED) is 0.648. The van der Waals surface area contributed by atoms with Crippen LogP contribution in [0.25, 0.3) is 0 Å². The van der Waals surface area contributed by atoms with E-state index in [9.17, 15) is 0 Å². The van der Waals surface area contributed by atoms with Gasteiger partial charge in [0.15, 0.2) is 0 Å². The van der Waals surface area contributed by atoms with Crippen LogP contribution in [0.4, 0.5) is 0 Å². The second kappa shape index (κ2) is 6.82. The van der Waals surface area contributed by atoms with Crippen molar-refractivity contribution in [1.29, 1.82) is 0 Å². The van der Waals surface area contributed by atoms with Gasteiger partial charge >= 0.3 is 0 Å². The van der Waals surface area contributed by atoms with Crippen molar-refractivity contribution in [2.45, 2.75) is 32.6 Å². The van der Waals surface area contributed by atoms with E-state index in [-0.39, 0.29) is 5.41 Å². The molecule has 1 atom stereocenters. The molecule has 1 aromatic heterocycles. The summed E-state index contributed by atoms with van der Waals surface area (Å²) in [5.41, 5.74) is 1.56. The second-order valence-electron chi connectivity index (χ2n) is 5.45. The van der Waals surface area contributed by atoms with E-state index in [0.717, 1.165) is 25.6 Å². The molecule has 0 radical (unpaired) electrons. The highest BCUT2D eigenvalue weighted by Gasteiger charge is 2.20. The molecule has 1 heterocycles. The van der Waals surface area contributed by atoms with Gasteiger partial charge < -0.3 is 15.6 Å². The van der Waals surface area contributed by atoms with Crippen LogP contribution >= 0.6 is 0 Å².